The Hall–Kier alpha value is -0.930. The summed E-state index contributed by atoms with van der Waals surface area (Å²) in [5, 5.41) is 3.36. The van der Waals surface area contributed by atoms with Crippen molar-refractivity contribution in [2.45, 2.75) is 38.9 Å². The summed E-state index contributed by atoms with van der Waals surface area (Å²) in [5.41, 5.74) is 1.13. The van der Waals surface area contributed by atoms with E-state index in [2.05, 4.69) is 42.2 Å². The molecule has 2 unspecified atom stereocenters. The predicted octanol–water partition coefficient (Wildman–Crippen LogP) is 1.90. The summed E-state index contributed by atoms with van der Waals surface area (Å²) in [4.78, 5) is 6.69. The van der Waals surface area contributed by atoms with Gasteiger partial charge in [0.1, 0.15) is 0 Å². The van der Waals surface area contributed by atoms with Gasteiger partial charge in [0.05, 0.1) is 5.69 Å². The summed E-state index contributed by atoms with van der Waals surface area (Å²) < 4.78 is 0. The van der Waals surface area contributed by atoms with Gasteiger partial charge in [0.15, 0.2) is 0 Å². The van der Waals surface area contributed by atoms with Gasteiger partial charge in [-0.15, -0.1) is 0 Å². The highest BCUT2D eigenvalue weighted by Crippen LogP contribution is 2.08. The quantitative estimate of drug-likeness (QED) is 0.795. The van der Waals surface area contributed by atoms with E-state index in [9.17, 15) is 0 Å². The van der Waals surface area contributed by atoms with Gasteiger partial charge in [0, 0.05) is 24.8 Å². The third-order valence-corrected chi connectivity index (χ3v) is 3.23. The molecule has 2 atom stereocenters. The van der Waals surface area contributed by atoms with Crippen LogP contribution >= 0.6 is 0 Å². The SMILES string of the molecule is CCC(NC)C(C)N(C)Cc1ccccn1. The fourth-order valence-corrected chi connectivity index (χ4v) is 1.98. The molecule has 1 rings (SSSR count). The molecule has 90 valence electrons. The Morgan fingerprint density at radius 2 is 2.19 bits per heavy atom. The predicted molar refractivity (Wildman–Crippen MR) is 68.3 cm³/mol. The summed E-state index contributed by atoms with van der Waals surface area (Å²) in [5.74, 6) is 0. The molecule has 16 heavy (non-hydrogen) atoms. The Morgan fingerprint density at radius 1 is 1.44 bits per heavy atom. The molecule has 1 aromatic rings. The van der Waals surface area contributed by atoms with Gasteiger partial charge in [-0.2, -0.15) is 0 Å². The van der Waals surface area contributed by atoms with Gasteiger partial charge < -0.3 is 5.32 Å². The molecule has 3 heteroatoms. The smallest absolute Gasteiger partial charge is 0.0543 e. The first-order valence-electron chi connectivity index (χ1n) is 5.96. The van der Waals surface area contributed by atoms with Crippen molar-refractivity contribution in [1.29, 1.82) is 0 Å². The van der Waals surface area contributed by atoms with Crippen molar-refractivity contribution in [2.75, 3.05) is 14.1 Å². The fourth-order valence-electron chi connectivity index (χ4n) is 1.98. The topological polar surface area (TPSA) is 28.2 Å². The molecule has 0 amide bonds. The zero-order valence-electron chi connectivity index (χ0n) is 10.8. The molecular formula is C13H23N3. The van der Waals surface area contributed by atoms with Crippen LogP contribution in [0.2, 0.25) is 0 Å². The summed E-state index contributed by atoms with van der Waals surface area (Å²) in [6.45, 7) is 5.38. The van der Waals surface area contributed by atoms with Gasteiger partial charge in [-0.25, -0.2) is 0 Å². The van der Waals surface area contributed by atoms with Crippen LogP contribution in [-0.4, -0.2) is 36.1 Å². The second kappa shape index (κ2) is 6.61. The normalized spacial score (nSPS) is 15.1. The molecule has 0 aliphatic heterocycles. The standard InChI is InChI=1S/C13H23N3/c1-5-13(14-3)11(2)16(4)10-12-8-6-7-9-15-12/h6-9,11,13-14H,5,10H2,1-4H3. The van der Waals surface area contributed by atoms with Gasteiger partial charge in [0.2, 0.25) is 0 Å². The van der Waals surface area contributed by atoms with Gasteiger partial charge in [-0.3, -0.25) is 9.88 Å². The lowest BCUT2D eigenvalue weighted by molar-refractivity contribution is 0.198. The number of hydrogen-bond donors (Lipinski definition) is 1. The van der Waals surface area contributed by atoms with Gasteiger partial charge in [0.25, 0.3) is 0 Å². The van der Waals surface area contributed by atoms with Crippen LogP contribution in [-0.2, 0) is 6.54 Å². The highest BCUT2D eigenvalue weighted by Gasteiger charge is 2.17. The van der Waals surface area contributed by atoms with Crippen molar-refractivity contribution < 1.29 is 0 Å². The van der Waals surface area contributed by atoms with Crippen LogP contribution in [0.15, 0.2) is 24.4 Å². The number of hydrogen-bond acceptors (Lipinski definition) is 3. The number of rotatable bonds is 6. The molecule has 3 nitrogen and oxygen atoms in total. The van der Waals surface area contributed by atoms with E-state index in [1.807, 2.05) is 25.4 Å². The summed E-state index contributed by atoms with van der Waals surface area (Å²) in [6, 6.07) is 7.11. The van der Waals surface area contributed by atoms with Crippen molar-refractivity contribution in [3.63, 3.8) is 0 Å². The molecule has 0 aliphatic carbocycles. The lowest BCUT2D eigenvalue weighted by atomic mass is 10.1. The van der Waals surface area contributed by atoms with Gasteiger partial charge >= 0.3 is 0 Å². The summed E-state index contributed by atoms with van der Waals surface area (Å²) >= 11 is 0. The molecule has 0 radical (unpaired) electrons. The lowest BCUT2D eigenvalue weighted by Gasteiger charge is -2.31. The van der Waals surface area contributed by atoms with Crippen LogP contribution in [0, 0.1) is 0 Å². The molecule has 1 aromatic heterocycles. The molecule has 1 N–H and O–H groups in total. The highest BCUT2D eigenvalue weighted by atomic mass is 15.2. The van der Waals surface area contributed by atoms with E-state index >= 15 is 0 Å². The lowest BCUT2D eigenvalue weighted by Crippen LogP contribution is -2.45. The second-order valence-corrected chi connectivity index (χ2v) is 4.28. The van der Waals surface area contributed by atoms with Gasteiger partial charge in [-0.1, -0.05) is 13.0 Å². The molecule has 0 aromatic carbocycles. The van der Waals surface area contributed by atoms with Crippen molar-refractivity contribution in [1.82, 2.24) is 15.2 Å². The Bertz CT molecular complexity index is 282. The Morgan fingerprint density at radius 3 is 2.69 bits per heavy atom. The van der Waals surface area contributed by atoms with E-state index in [1.54, 1.807) is 0 Å². The zero-order valence-corrected chi connectivity index (χ0v) is 10.8. The first kappa shape index (κ1) is 13.1. The van der Waals surface area contributed by atoms with E-state index in [1.165, 1.54) is 0 Å². The number of pyridine rings is 1. The van der Waals surface area contributed by atoms with E-state index in [0.717, 1.165) is 18.7 Å². The molecular weight excluding hydrogens is 198 g/mol. The Balaban J connectivity index is 2.54. The van der Waals surface area contributed by atoms with Crippen LogP contribution in [0.4, 0.5) is 0 Å². The average molecular weight is 221 g/mol. The molecule has 0 spiro atoms. The third kappa shape index (κ3) is 3.58. The van der Waals surface area contributed by atoms with Crippen molar-refractivity contribution >= 4 is 0 Å². The van der Waals surface area contributed by atoms with E-state index in [-0.39, 0.29) is 0 Å². The summed E-state index contributed by atoms with van der Waals surface area (Å²) in [6.07, 6.45) is 2.99. The number of nitrogens with zero attached hydrogens (tertiary/aromatic N) is 2. The van der Waals surface area contributed by atoms with Crippen molar-refractivity contribution in [3.8, 4) is 0 Å². The molecule has 0 fully saturated rings. The first-order chi connectivity index (χ1) is 7.69. The second-order valence-electron chi connectivity index (χ2n) is 4.28. The van der Waals surface area contributed by atoms with Crippen LogP contribution in [0.25, 0.3) is 0 Å². The molecule has 0 saturated heterocycles. The highest BCUT2D eigenvalue weighted by molar-refractivity contribution is 5.03. The van der Waals surface area contributed by atoms with E-state index < -0.39 is 0 Å². The maximum atomic E-state index is 4.35. The third-order valence-electron chi connectivity index (χ3n) is 3.23. The average Bonchev–Trinajstić information content (AvgIpc) is 2.31. The van der Waals surface area contributed by atoms with Crippen LogP contribution in [0.1, 0.15) is 26.0 Å². The van der Waals surface area contributed by atoms with Gasteiger partial charge in [-0.05, 0) is 39.6 Å². The number of nitrogens with one attached hydrogen (secondary N) is 1. The molecule has 0 aliphatic rings. The van der Waals surface area contributed by atoms with E-state index in [4.69, 9.17) is 0 Å². The minimum absolute atomic E-state index is 0.511. The van der Waals surface area contributed by atoms with Crippen LogP contribution in [0.3, 0.4) is 0 Å². The molecule has 1 heterocycles. The number of likely N-dealkylation sites (N-methyl/N-ethyl adjacent to an activating group) is 2. The number of aromatic nitrogens is 1. The Kier molecular flexibility index (Phi) is 5.43. The van der Waals surface area contributed by atoms with E-state index in [0.29, 0.717) is 12.1 Å². The minimum Gasteiger partial charge on any atom is -0.315 e. The first-order valence-corrected chi connectivity index (χ1v) is 5.96. The zero-order chi connectivity index (χ0) is 12.0. The van der Waals surface area contributed by atoms with Crippen LogP contribution < -0.4 is 5.32 Å². The summed E-state index contributed by atoms with van der Waals surface area (Å²) in [7, 11) is 4.18. The Labute approximate surface area is 98.9 Å². The molecule has 0 bridgehead atoms. The van der Waals surface area contributed by atoms with Crippen LogP contribution in [0.5, 0.6) is 0 Å². The maximum absolute atomic E-state index is 4.35. The maximum Gasteiger partial charge on any atom is 0.0543 e. The van der Waals surface area contributed by atoms with Crippen molar-refractivity contribution in [3.05, 3.63) is 30.1 Å². The monoisotopic (exact) mass is 221 g/mol. The van der Waals surface area contributed by atoms with Crippen molar-refractivity contribution in [2.24, 2.45) is 0 Å². The minimum atomic E-state index is 0.511. The largest absolute Gasteiger partial charge is 0.315 e. The fraction of sp³-hybridized carbons (Fsp3) is 0.615. The molecule has 0 saturated carbocycles.